The number of nitrogens with zero attached hydrogens (tertiary/aromatic N) is 1. The lowest BCUT2D eigenvalue weighted by atomic mass is 9.97. The van der Waals surface area contributed by atoms with Crippen LogP contribution in [0.4, 0.5) is 0 Å². The Bertz CT molecular complexity index is 541. The second kappa shape index (κ2) is 7.49. The Labute approximate surface area is 135 Å². The Morgan fingerprint density at radius 2 is 1.91 bits per heavy atom. The number of benzene rings is 1. The van der Waals surface area contributed by atoms with Crippen molar-refractivity contribution in [2.75, 3.05) is 20.2 Å². The van der Waals surface area contributed by atoms with E-state index in [4.69, 9.17) is 21.1 Å². The summed E-state index contributed by atoms with van der Waals surface area (Å²) in [5.74, 6) is 0.0824. The summed E-state index contributed by atoms with van der Waals surface area (Å²) >= 11 is 6.03. The first-order valence-electron chi connectivity index (χ1n) is 7.30. The highest BCUT2D eigenvalue weighted by Gasteiger charge is 2.30. The second-order valence-corrected chi connectivity index (χ2v) is 5.72. The third kappa shape index (κ3) is 3.91. The van der Waals surface area contributed by atoms with Crippen LogP contribution in [0.5, 0.6) is 5.75 Å². The van der Waals surface area contributed by atoms with Gasteiger partial charge < -0.3 is 14.4 Å². The quantitative estimate of drug-likeness (QED) is 0.798. The molecule has 1 fully saturated rings. The number of hydrogen-bond donors (Lipinski definition) is 0. The first kappa shape index (κ1) is 16.6. The number of ether oxygens (including phenoxy) is 2. The van der Waals surface area contributed by atoms with Gasteiger partial charge >= 0.3 is 5.97 Å². The van der Waals surface area contributed by atoms with Crippen molar-refractivity contribution < 1.29 is 19.1 Å². The van der Waals surface area contributed by atoms with Gasteiger partial charge in [-0.05, 0) is 31.9 Å². The molecular weight excluding hydrogens is 306 g/mol. The zero-order valence-electron chi connectivity index (χ0n) is 12.8. The van der Waals surface area contributed by atoms with E-state index >= 15 is 0 Å². The topological polar surface area (TPSA) is 55.8 Å². The van der Waals surface area contributed by atoms with Gasteiger partial charge in [-0.1, -0.05) is 23.7 Å². The number of amides is 1. The van der Waals surface area contributed by atoms with Crippen molar-refractivity contribution in [3.05, 3.63) is 29.3 Å². The molecule has 0 N–H and O–H groups in total. The van der Waals surface area contributed by atoms with Gasteiger partial charge in [-0.15, -0.1) is 0 Å². The molecule has 0 unspecified atom stereocenters. The molecule has 1 heterocycles. The SMILES string of the molecule is COC(=O)C1CCN(C(=O)[C@H](C)Oc2ccccc2Cl)CC1. The van der Waals surface area contributed by atoms with E-state index < -0.39 is 6.10 Å². The normalized spacial score (nSPS) is 17.0. The van der Waals surface area contributed by atoms with E-state index in [1.54, 1.807) is 36.1 Å². The lowest BCUT2D eigenvalue weighted by molar-refractivity contribution is -0.150. The van der Waals surface area contributed by atoms with Crippen molar-refractivity contribution in [1.82, 2.24) is 4.90 Å². The summed E-state index contributed by atoms with van der Waals surface area (Å²) in [6.07, 6.45) is 0.628. The number of esters is 1. The minimum Gasteiger partial charge on any atom is -0.479 e. The van der Waals surface area contributed by atoms with Crippen molar-refractivity contribution >= 4 is 23.5 Å². The van der Waals surface area contributed by atoms with Crippen LogP contribution < -0.4 is 4.74 Å². The second-order valence-electron chi connectivity index (χ2n) is 5.31. The summed E-state index contributed by atoms with van der Waals surface area (Å²) in [5, 5.41) is 0.478. The molecule has 0 aromatic heterocycles. The fourth-order valence-electron chi connectivity index (χ4n) is 2.54. The summed E-state index contributed by atoms with van der Waals surface area (Å²) in [4.78, 5) is 25.6. The Morgan fingerprint density at radius 3 is 2.50 bits per heavy atom. The maximum Gasteiger partial charge on any atom is 0.308 e. The molecule has 120 valence electrons. The molecule has 1 aromatic rings. The first-order chi connectivity index (χ1) is 10.5. The van der Waals surface area contributed by atoms with Crippen LogP contribution in [-0.2, 0) is 14.3 Å². The minimum atomic E-state index is -0.616. The van der Waals surface area contributed by atoms with Crippen LogP contribution in [0.2, 0.25) is 5.02 Å². The number of hydrogen-bond acceptors (Lipinski definition) is 4. The number of rotatable bonds is 4. The molecule has 1 aliphatic rings. The molecule has 2 rings (SSSR count). The van der Waals surface area contributed by atoms with Gasteiger partial charge in [0.15, 0.2) is 6.10 Å². The van der Waals surface area contributed by atoms with Gasteiger partial charge in [-0.3, -0.25) is 9.59 Å². The van der Waals surface area contributed by atoms with Crippen LogP contribution in [0.1, 0.15) is 19.8 Å². The predicted octanol–water partition coefficient (Wildman–Crippen LogP) is 2.52. The number of piperidine rings is 1. The van der Waals surface area contributed by atoms with Crippen LogP contribution in [-0.4, -0.2) is 43.1 Å². The smallest absolute Gasteiger partial charge is 0.308 e. The molecule has 22 heavy (non-hydrogen) atoms. The van der Waals surface area contributed by atoms with Gasteiger partial charge in [0, 0.05) is 13.1 Å². The molecule has 1 amide bonds. The fraction of sp³-hybridized carbons (Fsp3) is 0.500. The summed E-state index contributed by atoms with van der Waals surface area (Å²) in [5.41, 5.74) is 0. The number of likely N-dealkylation sites (tertiary alicyclic amines) is 1. The van der Waals surface area contributed by atoms with Gasteiger partial charge in [0.2, 0.25) is 0 Å². The predicted molar refractivity (Wildman–Crippen MR) is 82.9 cm³/mol. The average Bonchev–Trinajstić information content (AvgIpc) is 2.55. The van der Waals surface area contributed by atoms with Crippen molar-refractivity contribution in [3.8, 4) is 5.75 Å². The number of halogens is 1. The lowest BCUT2D eigenvalue weighted by Crippen LogP contribution is -2.45. The molecule has 1 saturated heterocycles. The van der Waals surface area contributed by atoms with E-state index in [2.05, 4.69) is 0 Å². The monoisotopic (exact) mass is 325 g/mol. The molecule has 5 nitrogen and oxygen atoms in total. The molecule has 0 saturated carbocycles. The van der Waals surface area contributed by atoms with Gasteiger partial charge in [-0.2, -0.15) is 0 Å². The number of para-hydroxylation sites is 1. The van der Waals surface area contributed by atoms with Crippen molar-refractivity contribution in [2.24, 2.45) is 5.92 Å². The third-order valence-corrected chi connectivity index (χ3v) is 4.14. The van der Waals surface area contributed by atoms with E-state index in [9.17, 15) is 9.59 Å². The minimum absolute atomic E-state index is 0.0942. The number of carbonyl (C=O) groups excluding carboxylic acids is 2. The summed E-state index contributed by atoms with van der Waals surface area (Å²) in [6, 6.07) is 7.06. The number of carbonyl (C=O) groups is 2. The largest absolute Gasteiger partial charge is 0.479 e. The lowest BCUT2D eigenvalue weighted by Gasteiger charge is -2.32. The zero-order valence-corrected chi connectivity index (χ0v) is 13.5. The molecule has 1 aromatic carbocycles. The standard InChI is InChI=1S/C16H20ClNO4/c1-11(22-14-6-4-3-5-13(14)17)15(19)18-9-7-12(8-10-18)16(20)21-2/h3-6,11-12H,7-10H2,1-2H3/t11-/m0/s1. The fourth-order valence-corrected chi connectivity index (χ4v) is 2.72. The third-order valence-electron chi connectivity index (χ3n) is 3.83. The summed E-state index contributed by atoms with van der Waals surface area (Å²) < 4.78 is 10.4. The first-order valence-corrected chi connectivity index (χ1v) is 7.68. The molecule has 0 bridgehead atoms. The molecule has 0 spiro atoms. The highest BCUT2D eigenvalue weighted by Crippen LogP contribution is 2.25. The maximum absolute atomic E-state index is 12.4. The van der Waals surface area contributed by atoms with Gasteiger partial charge in [0.05, 0.1) is 18.1 Å². The van der Waals surface area contributed by atoms with Crippen molar-refractivity contribution in [1.29, 1.82) is 0 Å². The van der Waals surface area contributed by atoms with Crippen LogP contribution >= 0.6 is 11.6 Å². The Hall–Kier alpha value is -1.75. The van der Waals surface area contributed by atoms with E-state index in [1.807, 2.05) is 0 Å². The summed E-state index contributed by atoms with van der Waals surface area (Å²) in [6.45, 7) is 2.78. The molecule has 0 aliphatic carbocycles. The van der Waals surface area contributed by atoms with Crippen molar-refractivity contribution in [2.45, 2.75) is 25.9 Å². The van der Waals surface area contributed by atoms with Gasteiger partial charge in [0.1, 0.15) is 5.75 Å². The number of methoxy groups -OCH3 is 1. The van der Waals surface area contributed by atoms with Gasteiger partial charge in [-0.25, -0.2) is 0 Å². The van der Waals surface area contributed by atoms with Gasteiger partial charge in [0.25, 0.3) is 5.91 Å². The van der Waals surface area contributed by atoms with E-state index in [-0.39, 0.29) is 17.8 Å². The van der Waals surface area contributed by atoms with Crippen LogP contribution in [0.25, 0.3) is 0 Å². The molecule has 1 atom stereocenters. The Balaban J connectivity index is 1.89. The highest BCUT2D eigenvalue weighted by molar-refractivity contribution is 6.32. The van der Waals surface area contributed by atoms with E-state index in [0.717, 1.165) is 0 Å². The van der Waals surface area contributed by atoms with E-state index in [0.29, 0.717) is 36.7 Å². The highest BCUT2D eigenvalue weighted by atomic mass is 35.5. The molecular formula is C16H20ClNO4. The molecule has 6 heteroatoms. The van der Waals surface area contributed by atoms with E-state index in [1.165, 1.54) is 7.11 Å². The zero-order chi connectivity index (χ0) is 16.1. The summed E-state index contributed by atoms with van der Waals surface area (Å²) in [7, 11) is 1.39. The van der Waals surface area contributed by atoms with Crippen LogP contribution in [0, 0.1) is 5.92 Å². The Morgan fingerprint density at radius 1 is 1.27 bits per heavy atom. The Kier molecular flexibility index (Phi) is 5.66. The maximum atomic E-state index is 12.4. The average molecular weight is 326 g/mol. The van der Waals surface area contributed by atoms with Crippen LogP contribution in [0.3, 0.4) is 0 Å². The van der Waals surface area contributed by atoms with Crippen molar-refractivity contribution in [3.63, 3.8) is 0 Å². The molecule has 1 aliphatic heterocycles. The molecule has 0 radical (unpaired) electrons. The van der Waals surface area contributed by atoms with Crippen LogP contribution in [0.15, 0.2) is 24.3 Å².